The quantitative estimate of drug-likeness (QED) is 0.659. The first-order valence-electron chi connectivity index (χ1n) is 6.66. The van der Waals surface area contributed by atoms with Gasteiger partial charge in [-0.1, -0.05) is 18.5 Å². The van der Waals surface area contributed by atoms with E-state index >= 15 is 0 Å². The summed E-state index contributed by atoms with van der Waals surface area (Å²) in [7, 11) is 0. The number of nitrogens with one attached hydrogen (secondary N) is 1. The molecule has 1 aromatic rings. The molecule has 0 amide bonds. The van der Waals surface area contributed by atoms with Gasteiger partial charge in [0.05, 0.1) is 15.5 Å². The molecule has 6 nitrogen and oxygen atoms in total. The SMILES string of the molecule is CC1CCC(O)(CNc2ncc(Cl)cc2[N+](=O)[O-])CC1. The van der Waals surface area contributed by atoms with Gasteiger partial charge in [0.25, 0.3) is 0 Å². The Kier molecular flexibility index (Phi) is 4.45. The molecule has 2 N–H and O–H groups in total. The van der Waals surface area contributed by atoms with Crippen LogP contribution >= 0.6 is 11.6 Å². The third-order valence-electron chi connectivity index (χ3n) is 3.82. The summed E-state index contributed by atoms with van der Waals surface area (Å²) in [5.74, 6) is 0.768. The van der Waals surface area contributed by atoms with Gasteiger partial charge in [0.15, 0.2) is 0 Å². The van der Waals surface area contributed by atoms with Crippen LogP contribution < -0.4 is 5.32 Å². The Hall–Kier alpha value is -1.40. The van der Waals surface area contributed by atoms with E-state index in [2.05, 4.69) is 17.2 Å². The van der Waals surface area contributed by atoms with E-state index in [1.165, 1.54) is 12.3 Å². The number of rotatable bonds is 4. The van der Waals surface area contributed by atoms with Gasteiger partial charge in [0, 0.05) is 18.8 Å². The molecule has 0 radical (unpaired) electrons. The van der Waals surface area contributed by atoms with Gasteiger partial charge in [-0.15, -0.1) is 0 Å². The molecule has 0 saturated heterocycles. The van der Waals surface area contributed by atoms with Crippen LogP contribution in [-0.4, -0.2) is 27.2 Å². The van der Waals surface area contributed by atoms with Crippen molar-refractivity contribution in [2.75, 3.05) is 11.9 Å². The molecule has 0 aliphatic heterocycles. The maximum atomic E-state index is 11.0. The second kappa shape index (κ2) is 5.93. The second-order valence-corrected chi connectivity index (χ2v) is 5.98. The normalized spacial score (nSPS) is 26.2. The van der Waals surface area contributed by atoms with E-state index < -0.39 is 10.5 Å². The Labute approximate surface area is 122 Å². The van der Waals surface area contributed by atoms with Crippen molar-refractivity contribution in [3.8, 4) is 0 Å². The molecular formula is C13H18ClN3O3. The number of nitrogens with zero attached hydrogens (tertiary/aromatic N) is 2. The van der Waals surface area contributed by atoms with Gasteiger partial charge in [-0.2, -0.15) is 0 Å². The minimum Gasteiger partial charge on any atom is -0.388 e. The molecule has 1 aliphatic carbocycles. The summed E-state index contributed by atoms with van der Waals surface area (Å²) in [5, 5.41) is 24.5. The van der Waals surface area contributed by atoms with Crippen molar-refractivity contribution in [3.63, 3.8) is 0 Å². The molecule has 0 bridgehead atoms. The van der Waals surface area contributed by atoms with Crippen molar-refractivity contribution in [1.82, 2.24) is 4.98 Å². The van der Waals surface area contributed by atoms with E-state index in [0.29, 0.717) is 18.8 Å². The monoisotopic (exact) mass is 299 g/mol. The summed E-state index contributed by atoms with van der Waals surface area (Å²) in [6.45, 7) is 2.42. The summed E-state index contributed by atoms with van der Waals surface area (Å²) in [6.07, 6.45) is 4.68. The number of hydrogen-bond donors (Lipinski definition) is 2. The fraction of sp³-hybridized carbons (Fsp3) is 0.615. The Bertz CT molecular complexity index is 502. The maximum Gasteiger partial charge on any atom is 0.312 e. The summed E-state index contributed by atoms with van der Waals surface area (Å²) in [6, 6.07) is 1.25. The van der Waals surface area contributed by atoms with Gasteiger partial charge in [0.1, 0.15) is 0 Å². The van der Waals surface area contributed by atoms with Crippen molar-refractivity contribution in [3.05, 3.63) is 27.4 Å². The number of hydrogen-bond acceptors (Lipinski definition) is 5. The highest BCUT2D eigenvalue weighted by Gasteiger charge is 2.32. The van der Waals surface area contributed by atoms with Crippen LogP contribution in [-0.2, 0) is 0 Å². The summed E-state index contributed by atoms with van der Waals surface area (Å²) >= 11 is 5.71. The first kappa shape index (κ1) is 15.0. The van der Waals surface area contributed by atoms with E-state index in [1.807, 2.05) is 0 Å². The van der Waals surface area contributed by atoms with E-state index in [1.54, 1.807) is 0 Å². The number of pyridine rings is 1. The second-order valence-electron chi connectivity index (χ2n) is 5.54. The molecule has 7 heteroatoms. The summed E-state index contributed by atoms with van der Waals surface area (Å²) in [4.78, 5) is 14.4. The minimum absolute atomic E-state index is 0.145. The van der Waals surface area contributed by atoms with E-state index in [9.17, 15) is 15.2 Å². The van der Waals surface area contributed by atoms with Crippen molar-refractivity contribution in [2.45, 2.75) is 38.2 Å². The predicted octanol–water partition coefficient (Wildman–Crippen LogP) is 3.00. The van der Waals surface area contributed by atoms with Crippen LogP contribution in [0.1, 0.15) is 32.6 Å². The van der Waals surface area contributed by atoms with Crippen molar-refractivity contribution < 1.29 is 10.0 Å². The molecule has 1 heterocycles. The molecule has 1 fully saturated rings. The lowest BCUT2D eigenvalue weighted by Crippen LogP contribution is -2.40. The van der Waals surface area contributed by atoms with Crippen molar-refractivity contribution in [1.29, 1.82) is 0 Å². The lowest BCUT2D eigenvalue weighted by molar-refractivity contribution is -0.384. The number of halogens is 1. The van der Waals surface area contributed by atoms with Crippen molar-refractivity contribution in [2.24, 2.45) is 5.92 Å². The Balaban J connectivity index is 2.05. The largest absolute Gasteiger partial charge is 0.388 e. The molecule has 0 atom stereocenters. The lowest BCUT2D eigenvalue weighted by atomic mass is 9.79. The summed E-state index contributed by atoms with van der Waals surface area (Å²) < 4.78 is 0. The average Bonchev–Trinajstić information content (AvgIpc) is 2.41. The standard InChI is InChI=1S/C13H18ClN3O3/c1-9-2-4-13(18,5-3-9)8-16-12-11(17(19)20)6-10(14)7-15-12/h6-7,9,18H,2-5,8H2,1H3,(H,15,16). The Morgan fingerprint density at radius 2 is 2.25 bits per heavy atom. The number of nitro groups is 1. The predicted molar refractivity (Wildman–Crippen MR) is 77.0 cm³/mol. The van der Waals surface area contributed by atoms with Crippen LogP contribution in [0.4, 0.5) is 11.5 Å². The van der Waals surface area contributed by atoms with Gasteiger partial charge in [-0.25, -0.2) is 4.98 Å². The third-order valence-corrected chi connectivity index (χ3v) is 4.03. The zero-order chi connectivity index (χ0) is 14.8. The molecule has 0 aromatic carbocycles. The molecular weight excluding hydrogens is 282 g/mol. The molecule has 1 aliphatic rings. The Morgan fingerprint density at radius 3 is 2.85 bits per heavy atom. The fourth-order valence-electron chi connectivity index (χ4n) is 2.43. The third kappa shape index (κ3) is 3.58. The van der Waals surface area contributed by atoms with Crippen LogP contribution in [0.5, 0.6) is 0 Å². The number of aromatic nitrogens is 1. The van der Waals surface area contributed by atoms with E-state index in [4.69, 9.17) is 11.6 Å². The van der Waals surface area contributed by atoms with Crippen LogP contribution in [0.3, 0.4) is 0 Å². The van der Waals surface area contributed by atoms with Gasteiger partial charge >= 0.3 is 5.69 Å². The van der Waals surface area contributed by atoms with Crippen LogP contribution in [0.15, 0.2) is 12.3 Å². The molecule has 1 aromatic heterocycles. The Morgan fingerprint density at radius 1 is 1.60 bits per heavy atom. The molecule has 0 unspecified atom stereocenters. The molecule has 110 valence electrons. The first-order chi connectivity index (χ1) is 9.39. The molecule has 0 spiro atoms. The average molecular weight is 300 g/mol. The van der Waals surface area contributed by atoms with Gasteiger partial charge in [0.2, 0.25) is 5.82 Å². The summed E-state index contributed by atoms with van der Waals surface area (Å²) in [5.41, 5.74) is -0.993. The maximum absolute atomic E-state index is 11.0. The zero-order valence-corrected chi connectivity index (χ0v) is 12.1. The zero-order valence-electron chi connectivity index (χ0n) is 11.3. The highest BCUT2D eigenvalue weighted by Crippen LogP contribution is 2.33. The highest BCUT2D eigenvalue weighted by atomic mass is 35.5. The molecule has 2 rings (SSSR count). The smallest absolute Gasteiger partial charge is 0.312 e. The van der Waals surface area contributed by atoms with Gasteiger partial charge < -0.3 is 10.4 Å². The van der Waals surface area contributed by atoms with Gasteiger partial charge in [-0.3, -0.25) is 10.1 Å². The molecule has 1 saturated carbocycles. The molecule has 20 heavy (non-hydrogen) atoms. The van der Waals surface area contributed by atoms with E-state index in [-0.39, 0.29) is 23.1 Å². The van der Waals surface area contributed by atoms with Crippen LogP contribution in [0.25, 0.3) is 0 Å². The highest BCUT2D eigenvalue weighted by molar-refractivity contribution is 6.30. The van der Waals surface area contributed by atoms with Crippen molar-refractivity contribution >= 4 is 23.1 Å². The first-order valence-corrected chi connectivity index (χ1v) is 7.04. The minimum atomic E-state index is -0.818. The lowest BCUT2D eigenvalue weighted by Gasteiger charge is -2.35. The fourth-order valence-corrected chi connectivity index (χ4v) is 2.58. The van der Waals surface area contributed by atoms with E-state index in [0.717, 1.165) is 12.8 Å². The van der Waals surface area contributed by atoms with Crippen LogP contribution in [0.2, 0.25) is 5.02 Å². The topological polar surface area (TPSA) is 88.3 Å². The number of aliphatic hydroxyl groups is 1. The number of anilines is 1. The van der Waals surface area contributed by atoms with Gasteiger partial charge in [-0.05, 0) is 31.6 Å². The van der Waals surface area contributed by atoms with Crippen LogP contribution in [0, 0.1) is 16.0 Å².